The lowest BCUT2D eigenvalue weighted by Crippen LogP contribution is -2.12. The smallest absolute Gasteiger partial charge is 0.256 e. The molecule has 4 nitrogen and oxygen atoms in total. The van der Waals surface area contributed by atoms with Crippen LogP contribution in [0.2, 0.25) is 0 Å². The van der Waals surface area contributed by atoms with E-state index in [9.17, 15) is 4.79 Å². The third-order valence-corrected chi connectivity index (χ3v) is 4.74. The molecule has 0 aliphatic carbocycles. The van der Waals surface area contributed by atoms with Gasteiger partial charge in [0, 0.05) is 15.7 Å². The van der Waals surface area contributed by atoms with Crippen molar-refractivity contribution in [1.82, 2.24) is 4.98 Å². The van der Waals surface area contributed by atoms with Gasteiger partial charge in [-0.2, -0.15) is 0 Å². The molecule has 4 aromatic rings. The fourth-order valence-corrected chi connectivity index (χ4v) is 3.16. The summed E-state index contributed by atoms with van der Waals surface area (Å²) in [6.07, 6.45) is 0. The molecule has 0 bridgehead atoms. The van der Waals surface area contributed by atoms with Gasteiger partial charge in [-0.3, -0.25) is 4.79 Å². The summed E-state index contributed by atoms with van der Waals surface area (Å²) in [7, 11) is 0. The average molecular weight is 407 g/mol. The number of aromatic nitrogens is 1. The molecule has 0 aliphatic rings. The van der Waals surface area contributed by atoms with Crippen molar-refractivity contribution in [3.05, 3.63) is 82.3 Å². The van der Waals surface area contributed by atoms with Crippen LogP contribution in [0, 0.1) is 6.92 Å². The second kappa shape index (κ2) is 6.77. The highest BCUT2D eigenvalue weighted by Gasteiger charge is 2.11. The number of rotatable bonds is 3. The lowest BCUT2D eigenvalue weighted by Gasteiger charge is -2.07. The van der Waals surface area contributed by atoms with Gasteiger partial charge in [0.2, 0.25) is 5.89 Å². The molecule has 1 heterocycles. The highest BCUT2D eigenvalue weighted by atomic mass is 79.9. The Morgan fingerprint density at radius 3 is 2.58 bits per heavy atom. The highest BCUT2D eigenvalue weighted by Crippen LogP contribution is 2.26. The second-order valence-electron chi connectivity index (χ2n) is 6.00. The number of nitrogens with zero attached hydrogens (tertiary/aromatic N) is 1. The molecule has 0 radical (unpaired) electrons. The molecule has 0 spiro atoms. The predicted molar refractivity (Wildman–Crippen MR) is 106 cm³/mol. The number of oxazole rings is 1. The van der Waals surface area contributed by atoms with Crippen molar-refractivity contribution in [2.45, 2.75) is 6.92 Å². The van der Waals surface area contributed by atoms with Crippen molar-refractivity contribution in [2.24, 2.45) is 0 Å². The Bertz CT molecular complexity index is 1100. The second-order valence-corrected chi connectivity index (χ2v) is 6.86. The van der Waals surface area contributed by atoms with Crippen LogP contribution in [-0.2, 0) is 0 Å². The lowest BCUT2D eigenvalue weighted by atomic mass is 10.2. The van der Waals surface area contributed by atoms with Gasteiger partial charge in [-0.25, -0.2) is 4.98 Å². The van der Waals surface area contributed by atoms with Crippen molar-refractivity contribution < 1.29 is 9.21 Å². The van der Waals surface area contributed by atoms with Crippen molar-refractivity contribution >= 4 is 38.6 Å². The monoisotopic (exact) mass is 406 g/mol. The number of hydrogen-bond donors (Lipinski definition) is 1. The molecule has 0 atom stereocenters. The van der Waals surface area contributed by atoms with Gasteiger partial charge < -0.3 is 9.73 Å². The summed E-state index contributed by atoms with van der Waals surface area (Å²) in [6.45, 7) is 2.02. The van der Waals surface area contributed by atoms with Crippen LogP contribution in [0.1, 0.15) is 15.9 Å². The van der Waals surface area contributed by atoms with E-state index in [0.717, 1.165) is 26.7 Å². The maximum absolute atomic E-state index is 12.4. The highest BCUT2D eigenvalue weighted by molar-refractivity contribution is 9.10. The minimum atomic E-state index is -0.164. The van der Waals surface area contributed by atoms with Crippen LogP contribution in [0.3, 0.4) is 0 Å². The van der Waals surface area contributed by atoms with Gasteiger partial charge in [-0.1, -0.05) is 18.2 Å². The third-order valence-electron chi connectivity index (χ3n) is 4.05. The number of aryl methyl sites for hydroxylation is 1. The van der Waals surface area contributed by atoms with E-state index >= 15 is 0 Å². The summed E-state index contributed by atoms with van der Waals surface area (Å²) >= 11 is 3.39. The van der Waals surface area contributed by atoms with E-state index in [0.29, 0.717) is 17.1 Å². The molecule has 0 saturated carbocycles. The Hall–Kier alpha value is -2.92. The van der Waals surface area contributed by atoms with E-state index in [4.69, 9.17) is 4.42 Å². The van der Waals surface area contributed by atoms with Gasteiger partial charge in [0.1, 0.15) is 5.52 Å². The fourth-order valence-electron chi connectivity index (χ4n) is 2.70. The molecule has 1 N–H and O–H groups in total. The van der Waals surface area contributed by atoms with Crippen LogP contribution in [0.4, 0.5) is 5.69 Å². The number of fused-ring (bicyclic) bond motifs is 1. The molecule has 1 aromatic heterocycles. The summed E-state index contributed by atoms with van der Waals surface area (Å²) in [6, 6.07) is 20.7. The Labute approximate surface area is 159 Å². The molecule has 128 valence electrons. The number of nitrogens with one attached hydrogen (secondary N) is 1. The van der Waals surface area contributed by atoms with Gasteiger partial charge >= 0.3 is 0 Å². The SMILES string of the molecule is Cc1ccc2nc(-c3ccc(NC(=O)c4ccccc4Br)cc3)oc2c1. The maximum Gasteiger partial charge on any atom is 0.256 e. The van der Waals surface area contributed by atoms with Gasteiger partial charge in [-0.05, 0) is 76.9 Å². The summed E-state index contributed by atoms with van der Waals surface area (Å²) in [5, 5.41) is 2.89. The number of halogens is 1. The van der Waals surface area contributed by atoms with E-state index in [2.05, 4.69) is 26.2 Å². The zero-order valence-electron chi connectivity index (χ0n) is 14.0. The van der Waals surface area contributed by atoms with Gasteiger partial charge in [-0.15, -0.1) is 0 Å². The summed E-state index contributed by atoms with van der Waals surface area (Å²) in [5.41, 5.74) is 4.89. The van der Waals surface area contributed by atoms with E-state index in [1.807, 2.05) is 67.6 Å². The van der Waals surface area contributed by atoms with Gasteiger partial charge in [0.15, 0.2) is 5.58 Å². The Kier molecular flexibility index (Phi) is 4.31. The average Bonchev–Trinajstić information content (AvgIpc) is 3.05. The standard InChI is InChI=1S/C21H15BrN2O2/c1-13-6-11-18-19(12-13)26-21(24-18)14-7-9-15(10-8-14)23-20(25)16-4-2-3-5-17(16)22/h2-12H,1H3,(H,23,25). The topological polar surface area (TPSA) is 55.1 Å². The Morgan fingerprint density at radius 2 is 1.81 bits per heavy atom. The van der Waals surface area contributed by atoms with Gasteiger partial charge in [0.05, 0.1) is 5.56 Å². The van der Waals surface area contributed by atoms with Crippen LogP contribution in [0.5, 0.6) is 0 Å². The molecule has 1 amide bonds. The first kappa shape index (κ1) is 16.5. The summed E-state index contributed by atoms with van der Waals surface area (Å²) in [5.74, 6) is 0.400. The third kappa shape index (κ3) is 3.26. The molecule has 3 aromatic carbocycles. The van der Waals surface area contributed by atoms with Crippen LogP contribution >= 0.6 is 15.9 Å². The van der Waals surface area contributed by atoms with E-state index < -0.39 is 0 Å². The first-order valence-electron chi connectivity index (χ1n) is 8.14. The first-order chi connectivity index (χ1) is 12.6. The van der Waals surface area contributed by atoms with Crippen molar-refractivity contribution in [3.8, 4) is 11.5 Å². The molecule has 0 unspecified atom stereocenters. The summed E-state index contributed by atoms with van der Waals surface area (Å²) < 4.78 is 6.60. The minimum Gasteiger partial charge on any atom is -0.436 e. The predicted octanol–water partition coefficient (Wildman–Crippen LogP) is 5.82. The van der Waals surface area contributed by atoms with E-state index in [1.165, 1.54) is 0 Å². The number of hydrogen-bond acceptors (Lipinski definition) is 3. The molecule has 0 fully saturated rings. The Balaban J connectivity index is 1.56. The molecule has 4 rings (SSSR count). The number of carbonyl (C=O) groups excluding carboxylic acids is 1. The van der Waals surface area contributed by atoms with Crippen LogP contribution in [-0.4, -0.2) is 10.9 Å². The molecular weight excluding hydrogens is 392 g/mol. The van der Waals surface area contributed by atoms with Gasteiger partial charge in [0.25, 0.3) is 5.91 Å². The van der Waals surface area contributed by atoms with E-state index in [-0.39, 0.29) is 5.91 Å². The normalized spacial score (nSPS) is 10.8. The molecule has 26 heavy (non-hydrogen) atoms. The quantitative estimate of drug-likeness (QED) is 0.466. The number of carbonyl (C=O) groups is 1. The molecular formula is C21H15BrN2O2. The maximum atomic E-state index is 12.4. The van der Waals surface area contributed by atoms with Crippen molar-refractivity contribution in [2.75, 3.05) is 5.32 Å². The molecule has 5 heteroatoms. The zero-order valence-corrected chi connectivity index (χ0v) is 15.6. The lowest BCUT2D eigenvalue weighted by molar-refractivity contribution is 0.102. The van der Waals surface area contributed by atoms with Crippen molar-refractivity contribution in [3.63, 3.8) is 0 Å². The fraction of sp³-hybridized carbons (Fsp3) is 0.0476. The Morgan fingerprint density at radius 1 is 1.04 bits per heavy atom. The van der Waals surface area contributed by atoms with Crippen LogP contribution in [0.15, 0.2) is 75.6 Å². The number of amides is 1. The largest absolute Gasteiger partial charge is 0.436 e. The zero-order chi connectivity index (χ0) is 18.1. The van der Waals surface area contributed by atoms with E-state index in [1.54, 1.807) is 6.07 Å². The first-order valence-corrected chi connectivity index (χ1v) is 8.93. The summed E-state index contributed by atoms with van der Waals surface area (Å²) in [4.78, 5) is 16.9. The molecule has 0 saturated heterocycles. The molecule has 0 aliphatic heterocycles. The number of anilines is 1. The van der Waals surface area contributed by atoms with Crippen LogP contribution < -0.4 is 5.32 Å². The van der Waals surface area contributed by atoms with Crippen LogP contribution in [0.25, 0.3) is 22.6 Å². The minimum absolute atomic E-state index is 0.164. The van der Waals surface area contributed by atoms with Crippen molar-refractivity contribution in [1.29, 1.82) is 0 Å². The number of benzene rings is 3.